The molecule has 1 heterocycles. The molecule has 0 bridgehead atoms. The van der Waals surface area contributed by atoms with Crippen LogP contribution < -0.4 is 4.74 Å². The van der Waals surface area contributed by atoms with Gasteiger partial charge in [0.15, 0.2) is 6.29 Å². The van der Waals surface area contributed by atoms with Gasteiger partial charge in [-0.3, -0.25) is 0 Å². The van der Waals surface area contributed by atoms with Crippen LogP contribution in [0.3, 0.4) is 0 Å². The molecular formula is C17H24O5. The Morgan fingerprint density at radius 1 is 1.18 bits per heavy atom. The molecular weight excluding hydrogens is 284 g/mol. The highest BCUT2D eigenvalue weighted by Crippen LogP contribution is 2.32. The summed E-state index contributed by atoms with van der Waals surface area (Å²) >= 11 is 0. The Kier molecular flexibility index (Phi) is 6.71. The second kappa shape index (κ2) is 8.78. The van der Waals surface area contributed by atoms with E-state index < -0.39 is 0 Å². The van der Waals surface area contributed by atoms with Crippen molar-refractivity contribution in [3.8, 4) is 5.75 Å². The zero-order valence-electron chi connectivity index (χ0n) is 12.9. The van der Waals surface area contributed by atoms with Crippen molar-refractivity contribution in [2.45, 2.75) is 31.5 Å². The topological polar surface area (TPSA) is 68.2 Å². The minimum Gasteiger partial charge on any atom is -0.497 e. The quantitative estimate of drug-likeness (QED) is 0.721. The maximum atomic E-state index is 9.36. The number of aliphatic hydroxyl groups excluding tert-OH is 2. The van der Waals surface area contributed by atoms with Gasteiger partial charge in [0.2, 0.25) is 0 Å². The number of methoxy groups -OCH3 is 1. The van der Waals surface area contributed by atoms with Gasteiger partial charge in [0.1, 0.15) is 18.1 Å². The normalized spacial score (nSPS) is 21.1. The van der Waals surface area contributed by atoms with Gasteiger partial charge in [0, 0.05) is 18.9 Å². The first-order valence-electron chi connectivity index (χ1n) is 7.61. The summed E-state index contributed by atoms with van der Waals surface area (Å²) in [5, 5.41) is 18.1. The largest absolute Gasteiger partial charge is 0.497 e. The summed E-state index contributed by atoms with van der Waals surface area (Å²) in [6, 6.07) is 7.88. The number of hydrogen-bond donors (Lipinski definition) is 2. The molecule has 2 atom stereocenters. The number of allylic oxidation sites excluding steroid dienone is 1. The lowest BCUT2D eigenvalue weighted by atomic mass is 9.93. The Labute approximate surface area is 131 Å². The summed E-state index contributed by atoms with van der Waals surface area (Å²) in [7, 11) is 1.64. The first-order chi connectivity index (χ1) is 10.8. The van der Waals surface area contributed by atoms with Crippen LogP contribution in [0.2, 0.25) is 0 Å². The Morgan fingerprint density at radius 2 is 1.95 bits per heavy atom. The van der Waals surface area contributed by atoms with Crippen LogP contribution in [0.25, 0.3) is 0 Å². The molecule has 5 nitrogen and oxygen atoms in total. The van der Waals surface area contributed by atoms with Gasteiger partial charge >= 0.3 is 0 Å². The van der Waals surface area contributed by atoms with E-state index in [-0.39, 0.29) is 25.4 Å². The number of benzene rings is 1. The van der Waals surface area contributed by atoms with Crippen LogP contribution in [0.1, 0.15) is 30.7 Å². The summed E-state index contributed by atoms with van der Waals surface area (Å²) < 4.78 is 16.5. The van der Waals surface area contributed by atoms with E-state index in [0.29, 0.717) is 18.8 Å². The molecule has 1 aromatic carbocycles. The zero-order valence-corrected chi connectivity index (χ0v) is 12.9. The van der Waals surface area contributed by atoms with Gasteiger partial charge < -0.3 is 24.4 Å². The molecule has 1 aromatic rings. The maximum absolute atomic E-state index is 9.36. The molecule has 2 rings (SSSR count). The molecule has 0 fully saturated rings. The summed E-state index contributed by atoms with van der Waals surface area (Å²) in [6.45, 7) is 0.577. The van der Waals surface area contributed by atoms with Gasteiger partial charge in [-0.15, -0.1) is 0 Å². The van der Waals surface area contributed by atoms with Crippen LogP contribution in [0.4, 0.5) is 0 Å². The van der Waals surface area contributed by atoms with Gasteiger partial charge in [-0.2, -0.15) is 0 Å². The van der Waals surface area contributed by atoms with E-state index >= 15 is 0 Å². The van der Waals surface area contributed by atoms with Crippen LogP contribution in [-0.4, -0.2) is 43.4 Å². The van der Waals surface area contributed by atoms with Gasteiger partial charge in [-0.05, 0) is 36.6 Å². The third kappa shape index (κ3) is 4.73. The molecule has 1 aliphatic rings. The number of ether oxygens (including phenoxy) is 3. The lowest BCUT2D eigenvalue weighted by Crippen LogP contribution is -2.25. The maximum Gasteiger partial charge on any atom is 0.200 e. The fraction of sp³-hybridized carbons (Fsp3) is 0.529. The van der Waals surface area contributed by atoms with E-state index in [9.17, 15) is 5.11 Å². The molecule has 0 aromatic heterocycles. The van der Waals surface area contributed by atoms with E-state index in [0.717, 1.165) is 24.2 Å². The molecule has 0 saturated carbocycles. The fourth-order valence-corrected chi connectivity index (χ4v) is 2.46. The van der Waals surface area contributed by atoms with Crippen LogP contribution >= 0.6 is 0 Å². The second-order valence-electron chi connectivity index (χ2n) is 5.26. The number of hydrogen-bond acceptors (Lipinski definition) is 5. The van der Waals surface area contributed by atoms with E-state index in [4.69, 9.17) is 19.3 Å². The average Bonchev–Trinajstić information content (AvgIpc) is 2.58. The molecule has 0 unspecified atom stereocenters. The Morgan fingerprint density at radius 3 is 2.59 bits per heavy atom. The molecule has 0 aliphatic carbocycles. The number of rotatable bonds is 8. The molecule has 122 valence electrons. The first-order valence-corrected chi connectivity index (χ1v) is 7.61. The monoisotopic (exact) mass is 308 g/mol. The van der Waals surface area contributed by atoms with Crippen molar-refractivity contribution in [2.75, 3.05) is 26.9 Å². The molecule has 2 N–H and O–H groups in total. The van der Waals surface area contributed by atoms with Crippen LogP contribution in [0.5, 0.6) is 5.75 Å². The number of unbranched alkanes of at least 4 members (excludes halogenated alkanes) is 1. The minimum absolute atomic E-state index is 0.136. The molecule has 0 saturated heterocycles. The van der Waals surface area contributed by atoms with Gasteiger partial charge in [0.05, 0.1) is 13.7 Å². The Bertz CT molecular complexity index is 468. The van der Waals surface area contributed by atoms with Crippen molar-refractivity contribution >= 4 is 0 Å². The van der Waals surface area contributed by atoms with E-state index in [1.54, 1.807) is 7.11 Å². The lowest BCUT2D eigenvalue weighted by Gasteiger charge is -2.29. The predicted octanol–water partition coefficient (Wildman–Crippen LogP) is 2.19. The van der Waals surface area contributed by atoms with Gasteiger partial charge in [-0.25, -0.2) is 0 Å². The van der Waals surface area contributed by atoms with Crippen molar-refractivity contribution in [3.05, 3.63) is 41.7 Å². The summed E-state index contributed by atoms with van der Waals surface area (Å²) in [5.74, 6) is 1.50. The van der Waals surface area contributed by atoms with Crippen LogP contribution in [0, 0.1) is 0 Å². The van der Waals surface area contributed by atoms with Crippen molar-refractivity contribution < 1.29 is 24.4 Å². The lowest BCUT2D eigenvalue weighted by molar-refractivity contribution is -0.134. The first kappa shape index (κ1) is 16.8. The standard InChI is InChI=1S/C17H24O5/c1-20-15-6-4-13(5-7-15)14-10-16(12-19)22-17(11-14)21-9-3-2-8-18/h4-7,10,14,17-19H,2-3,8-9,11-12H2,1H3/t14-,17+/m1/s1. The molecule has 0 radical (unpaired) electrons. The fourth-order valence-electron chi connectivity index (χ4n) is 2.46. The van der Waals surface area contributed by atoms with E-state index in [2.05, 4.69) is 0 Å². The zero-order chi connectivity index (χ0) is 15.8. The van der Waals surface area contributed by atoms with Gasteiger partial charge in [-0.1, -0.05) is 12.1 Å². The highest BCUT2D eigenvalue weighted by molar-refractivity contribution is 5.32. The molecule has 1 aliphatic heterocycles. The molecule has 22 heavy (non-hydrogen) atoms. The summed E-state index contributed by atoms with van der Waals surface area (Å²) in [4.78, 5) is 0. The highest BCUT2D eigenvalue weighted by atomic mass is 16.7. The Balaban J connectivity index is 1.99. The second-order valence-corrected chi connectivity index (χ2v) is 5.26. The average molecular weight is 308 g/mol. The highest BCUT2D eigenvalue weighted by Gasteiger charge is 2.25. The van der Waals surface area contributed by atoms with Crippen molar-refractivity contribution in [2.24, 2.45) is 0 Å². The van der Waals surface area contributed by atoms with E-state index in [1.807, 2.05) is 30.3 Å². The Hall–Kier alpha value is -1.56. The summed E-state index contributed by atoms with van der Waals surface area (Å²) in [5.41, 5.74) is 1.14. The van der Waals surface area contributed by atoms with Crippen LogP contribution in [0.15, 0.2) is 36.1 Å². The smallest absolute Gasteiger partial charge is 0.200 e. The molecule has 0 amide bonds. The third-order valence-electron chi connectivity index (χ3n) is 3.67. The third-order valence-corrected chi connectivity index (χ3v) is 3.67. The molecule has 5 heteroatoms. The number of aliphatic hydroxyl groups is 2. The van der Waals surface area contributed by atoms with Crippen molar-refractivity contribution in [1.82, 2.24) is 0 Å². The van der Waals surface area contributed by atoms with E-state index in [1.165, 1.54) is 0 Å². The van der Waals surface area contributed by atoms with Gasteiger partial charge in [0.25, 0.3) is 0 Å². The minimum atomic E-state index is -0.363. The summed E-state index contributed by atoms with van der Waals surface area (Å²) in [6.07, 6.45) is 3.79. The predicted molar refractivity (Wildman–Crippen MR) is 82.7 cm³/mol. The van der Waals surface area contributed by atoms with Crippen LogP contribution in [-0.2, 0) is 9.47 Å². The molecule has 0 spiro atoms. The van der Waals surface area contributed by atoms with Crippen molar-refractivity contribution in [1.29, 1.82) is 0 Å². The van der Waals surface area contributed by atoms with Crippen molar-refractivity contribution in [3.63, 3.8) is 0 Å². The SMILES string of the molecule is COc1ccc([C@@H]2C=C(CO)O[C@H](OCCCCO)C2)cc1.